The van der Waals surface area contributed by atoms with Crippen molar-refractivity contribution in [3.05, 3.63) is 52.8 Å². The van der Waals surface area contributed by atoms with Gasteiger partial charge in [0.1, 0.15) is 0 Å². The second-order valence-electron chi connectivity index (χ2n) is 5.95. The van der Waals surface area contributed by atoms with Crippen LogP contribution in [-0.4, -0.2) is 22.4 Å². The summed E-state index contributed by atoms with van der Waals surface area (Å²) in [7, 11) is 1.96. The van der Waals surface area contributed by atoms with E-state index in [1.807, 2.05) is 30.1 Å². The number of hydrogen-bond donors (Lipinski definition) is 1. The highest BCUT2D eigenvalue weighted by molar-refractivity contribution is 6.31. The van der Waals surface area contributed by atoms with Crippen LogP contribution in [-0.2, 0) is 19.9 Å². The second-order valence-corrected chi connectivity index (χ2v) is 6.36. The van der Waals surface area contributed by atoms with Crippen LogP contribution in [0.5, 0.6) is 0 Å². The van der Waals surface area contributed by atoms with E-state index < -0.39 is 0 Å². The molecule has 0 bridgehead atoms. The van der Waals surface area contributed by atoms with Gasteiger partial charge in [-0.1, -0.05) is 43.6 Å². The van der Waals surface area contributed by atoms with Gasteiger partial charge < -0.3 is 5.32 Å². The Bertz CT molecular complexity index is 563. The van der Waals surface area contributed by atoms with Crippen LogP contribution in [0.2, 0.25) is 5.02 Å². The molecule has 0 aliphatic rings. The van der Waals surface area contributed by atoms with Gasteiger partial charge in [0.05, 0.1) is 6.20 Å². The molecule has 114 valence electrons. The van der Waals surface area contributed by atoms with E-state index in [2.05, 4.69) is 42.6 Å². The predicted molar refractivity (Wildman–Crippen MR) is 88.7 cm³/mol. The molecular weight excluding hydrogens is 282 g/mol. The fourth-order valence-corrected chi connectivity index (χ4v) is 2.72. The fourth-order valence-electron chi connectivity index (χ4n) is 2.50. The normalized spacial score (nSPS) is 12.8. The molecule has 0 radical (unpaired) electrons. The van der Waals surface area contributed by atoms with E-state index in [1.54, 1.807) is 0 Å². The molecule has 1 heterocycles. The van der Waals surface area contributed by atoms with E-state index in [0.717, 1.165) is 24.4 Å². The molecule has 4 heteroatoms. The summed E-state index contributed by atoms with van der Waals surface area (Å²) in [4.78, 5) is 0. The molecule has 0 aliphatic heterocycles. The molecule has 1 unspecified atom stereocenters. The molecule has 2 aromatic rings. The van der Waals surface area contributed by atoms with Crippen molar-refractivity contribution >= 4 is 11.6 Å². The van der Waals surface area contributed by atoms with Crippen LogP contribution in [0.15, 0.2) is 36.7 Å². The summed E-state index contributed by atoms with van der Waals surface area (Å²) in [5.41, 5.74) is 2.50. The molecule has 1 N–H and O–H groups in total. The van der Waals surface area contributed by atoms with Gasteiger partial charge in [-0.05, 0) is 42.5 Å². The van der Waals surface area contributed by atoms with Gasteiger partial charge in [-0.25, -0.2) is 0 Å². The maximum absolute atomic E-state index is 6.30. The van der Waals surface area contributed by atoms with Crippen molar-refractivity contribution in [3.8, 4) is 0 Å². The Balaban J connectivity index is 2.06. The van der Waals surface area contributed by atoms with Crippen molar-refractivity contribution in [2.45, 2.75) is 32.7 Å². The second kappa shape index (κ2) is 7.62. The molecule has 1 aromatic carbocycles. The summed E-state index contributed by atoms with van der Waals surface area (Å²) in [5, 5.41) is 8.66. The monoisotopic (exact) mass is 305 g/mol. The first-order chi connectivity index (χ1) is 10.0. The zero-order valence-electron chi connectivity index (χ0n) is 13.0. The number of benzene rings is 1. The van der Waals surface area contributed by atoms with Crippen molar-refractivity contribution in [2.75, 3.05) is 6.54 Å². The molecule has 0 aliphatic carbocycles. The minimum absolute atomic E-state index is 0.493. The van der Waals surface area contributed by atoms with Crippen LogP contribution in [0, 0.1) is 5.92 Å². The lowest BCUT2D eigenvalue weighted by molar-refractivity contribution is 0.444. The highest BCUT2D eigenvalue weighted by Gasteiger charge is 2.14. The molecule has 0 spiro atoms. The van der Waals surface area contributed by atoms with Crippen LogP contribution in [0.3, 0.4) is 0 Å². The Hall–Kier alpha value is -1.32. The van der Waals surface area contributed by atoms with E-state index in [4.69, 9.17) is 11.6 Å². The zero-order valence-corrected chi connectivity index (χ0v) is 13.8. The van der Waals surface area contributed by atoms with E-state index in [9.17, 15) is 0 Å². The third kappa shape index (κ3) is 5.18. The highest BCUT2D eigenvalue weighted by Crippen LogP contribution is 2.21. The van der Waals surface area contributed by atoms with Gasteiger partial charge in [0.15, 0.2) is 0 Å². The number of nitrogens with zero attached hydrogens (tertiary/aromatic N) is 2. The topological polar surface area (TPSA) is 29.9 Å². The summed E-state index contributed by atoms with van der Waals surface area (Å²) < 4.78 is 1.86. The molecule has 21 heavy (non-hydrogen) atoms. The fraction of sp³-hybridized carbons (Fsp3) is 0.471. The third-order valence-electron chi connectivity index (χ3n) is 3.56. The van der Waals surface area contributed by atoms with Crippen LogP contribution >= 0.6 is 11.6 Å². The van der Waals surface area contributed by atoms with Crippen molar-refractivity contribution in [1.29, 1.82) is 0 Å². The smallest absolute Gasteiger partial charge is 0.0521 e. The van der Waals surface area contributed by atoms with Crippen molar-refractivity contribution in [1.82, 2.24) is 15.1 Å². The molecule has 0 saturated carbocycles. The molecule has 0 saturated heterocycles. The van der Waals surface area contributed by atoms with Gasteiger partial charge in [0.25, 0.3) is 0 Å². The van der Waals surface area contributed by atoms with E-state index >= 15 is 0 Å². The van der Waals surface area contributed by atoms with Gasteiger partial charge in [-0.15, -0.1) is 0 Å². The highest BCUT2D eigenvalue weighted by atomic mass is 35.5. The molecule has 2 rings (SSSR count). The molecule has 0 fully saturated rings. The lowest BCUT2D eigenvalue weighted by Crippen LogP contribution is -2.31. The summed E-state index contributed by atoms with van der Waals surface area (Å²) in [6.45, 7) is 5.34. The summed E-state index contributed by atoms with van der Waals surface area (Å²) >= 11 is 6.30. The Morgan fingerprint density at radius 1 is 1.24 bits per heavy atom. The SMILES string of the molecule is CC(C)NCC(Cc1cnn(C)c1)Cc1ccccc1Cl. The third-order valence-corrected chi connectivity index (χ3v) is 3.93. The van der Waals surface area contributed by atoms with Crippen LogP contribution in [0.1, 0.15) is 25.0 Å². The molecule has 1 atom stereocenters. The largest absolute Gasteiger partial charge is 0.314 e. The molecule has 3 nitrogen and oxygen atoms in total. The average Bonchev–Trinajstić information content (AvgIpc) is 2.84. The lowest BCUT2D eigenvalue weighted by atomic mass is 9.93. The van der Waals surface area contributed by atoms with Gasteiger partial charge >= 0.3 is 0 Å². The minimum atomic E-state index is 0.493. The standard InChI is InChI=1S/C17H24ClN3/c1-13(2)19-10-14(8-15-11-20-21(3)12-15)9-16-6-4-5-7-17(16)18/h4-7,11-14,19H,8-10H2,1-3H3. The zero-order chi connectivity index (χ0) is 15.2. The van der Waals surface area contributed by atoms with E-state index in [0.29, 0.717) is 12.0 Å². The molecular formula is C17H24ClN3. The van der Waals surface area contributed by atoms with Gasteiger partial charge in [-0.3, -0.25) is 4.68 Å². The Morgan fingerprint density at radius 2 is 2.00 bits per heavy atom. The maximum atomic E-state index is 6.30. The Morgan fingerprint density at radius 3 is 2.62 bits per heavy atom. The summed E-state index contributed by atoms with van der Waals surface area (Å²) in [6.07, 6.45) is 6.04. The van der Waals surface area contributed by atoms with Gasteiger partial charge in [0.2, 0.25) is 0 Å². The Kier molecular flexibility index (Phi) is 5.83. The first kappa shape index (κ1) is 16.1. The number of hydrogen-bond acceptors (Lipinski definition) is 2. The van der Waals surface area contributed by atoms with Crippen LogP contribution in [0.4, 0.5) is 0 Å². The average molecular weight is 306 g/mol. The lowest BCUT2D eigenvalue weighted by Gasteiger charge is -2.19. The number of aromatic nitrogens is 2. The van der Waals surface area contributed by atoms with Gasteiger partial charge in [0, 0.05) is 24.3 Å². The number of halogens is 1. The summed E-state index contributed by atoms with van der Waals surface area (Å²) in [6, 6.07) is 8.61. The van der Waals surface area contributed by atoms with E-state index in [-0.39, 0.29) is 0 Å². The van der Waals surface area contributed by atoms with Crippen molar-refractivity contribution in [2.24, 2.45) is 13.0 Å². The minimum Gasteiger partial charge on any atom is -0.314 e. The summed E-state index contributed by atoms with van der Waals surface area (Å²) in [5.74, 6) is 0.511. The van der Waals surface area contributed by atoms with Gasteiger partial charge in [-0.2, -0.15) is 5.10 Å². The maximum Gasteiger partial charge on any atom is 0.0521 e. The van der Waals surface area contributed by atoms with Crippen LogP contribution < -0.4 is 5.32 Å². The first-order valence-electron chi connectivity index (χ1n) is 7.49. The number of aryl methyl sites for hydroxylation is 1. The number of nitrogens with one attached hydrogen (secondary N) is 1. The predicted octanol–water partition coefficient (Wildman–Crippen LogP) is 3.47. The Labute approximate surface area is 132 Å². The first-order valence-corrected chi connectivity index (χ1v) is 7.86. The van der Waals surface area contributed by atoms with Crippen molar-refractivity contribution in [3.63, 3.8) is 0 Å². The van der Waals surface area contributed by atoms with Crippen LogP contribution in [0.25, 0.3) is 0 Å². The van der Waals surface area contributed by atoms with E-state index in [1.165, 1.54) is 11.1 Å². The van der Waals surface area contributed by atoms with Crippen molar-refractivity contribution < 1.29 is 0 Å². The molecule has 0 amide bonds. The quantitative estimate of drug-likeness (QED) is 0.849. The molecule has 1 aromatic heterocycles. The number of rotatable bonds is 7.